The predicted molar refractivity (Wildman–Crippen MR) is 70.8 cm³/mol. The number of ether oxygens (including phenoxy) is 1. The fourth-order valence-electron chi connectivity index (χ4n) is 1.38. The Hall–Kier alpha value is -1.13. The standard InChI is InChI=1S/C12H13ClN2OS/c1-15-11(13)7-14-12(15)8-16-9-3-5-10(17-2)6-4-9/h3-7H,8H2,1-2H3. The fourth-order valence-corrected chi connectivity index (χ4v) is 1.93. The van der Waals surface area contributed by atoms with Crippen LogP contribution in [0.2, 0.25) is 5.15 Å². The lowest BCUT2D eigenvalue weighted by atomic mass is 10.3. The highest BCUT2D eigenvalue weighted by Crippen LogP contribution is 2.20. The zero-order valence-electron chi connectivity index (χ0n) is 9.68. The summed E-state index contributed by atoms with van der Waals surface area (Å²) in [4.78, 5) is 5.39. The van der Waals surface area contributed by atoms with Crippen molar-refractivity contribution in [1.82, 2.24) is 9.55 Å². The third-order valence-corrected chi connectivity index (χ3v) is 3.55. The zero-order chi connectivity index (χ0) is 12.3. The van der Waals surface area contributed by atoms with Gasteiger partial charge in [-0.15, -0.1) is 11.8 Å². The summed E-state index contributed by atoms with van der Waals surface area (Å²) < 4.78 is 7.44. The van der Waals surface area contributed by atoms with Gasteiger partial charge in [0.1, 0.15) is 23.3 Å². The number of hydrogen-bond acceptors (Lipinski definition) is 3. The molecule has 0 aliphatic heterocycles. The van der Waals surface area contributed by atoms with Gasteiger partial charge in [0.15, 0.2) is 0 Å². The highest BCUT2D eigenvalue weighted by atomic mass is 35.5. The number of aromatic nitrogens is 2. The molecule has 0 saturated heterocycles. The largest absolute Gasteiger partial charge is 0.486 e. The van der Waals surface area contributed by atoms with Crippen LogP contribution in [0.25, 0.3) is 0 Å². The number of benzene rings is 1. The van der Waals surface area contributed by atoms with E-state index in [1.165, 1.54) is 4.90 Å². The number of imidazole rings is 1. The Morgan fingerprint density at radius 2 is 2.06 bits per heavy atom. The topological polar surface area (TPSA) is 27.1 Å². The minimum Gasteiger partial charge on any atom is -0.486 e. The normalized spacial score (nSPS) is 10.5. The SMILES string of the molecule is CSc1ccc(OCc2ncc(Cl)n2C)cc1. The third kappa shape index (κ3) is 2.96. The molecule has 2 aromatic rings. The molecule has 2 rings (SSSR count). The van der Waals surface area contributed by atoms with Gasteiger partial charge in [-0.1, -0.05) is 11.6 Å². The molecular formula is C12H13ClN2OS. The maximum atomic E-state index is 5.89. The summed E-state index contributed by atoms with van der Waals surface area (Å²) in [6.45, 7) is 0.418. The number of hydrogen-bond donors (Lipinski definition) is 0. The molecule has 5 heteroatoms. The van der Waals surface area contributed by atoms with E-state index in [0.29, 0.717) is 11.8 Å². The molecule has 3 nitrogen and oxygen atoms in total. The first-order valence-electron chi connectivity index (χ1n) is 5.13. The van der Waals surface area contributed by atoms with E-state index in [2.05, 4.69) is 4.98 Å². The van der Waals surface area contributed by atoms with Crippen LogP contribution in [0.15, 0.2) is 35.4 Å². The Kier molecular flexibility index (Phi) is 3.97. The van der Waals surface area contributed by atoms with Crippen LogP contribution in [0, 0.1) is 0 Å². The molecule has 0 amide bonds. The van der Waals surface area contributed by atoms with Gasteiger partial charge in [-0.2, -0.15) is 0 Å². The van der Waals surface area contributed by atoms with Gasteiger partial charge in [-0.3, -0.25) is 0 Å². The number of rotatable bonds is 4. The Labute approximate surface area is 110 Å². The van der Waals surface area contributed by atoms with E-state index in [9.17, 15) is 0 Å². The van der Waals surface area contributed by atoms with Gasteiger partial charge < -0.3 is 9.30 Å². The summed E-state index contributed by atoms with van der Waals surface area (Å²) in [5.41, 5.74) is 0. The van der Waals surface area contributed by atoms with Crippen molar-refractivity contribution < 1.29 is 4.74 Å². The summed E-state index contributed by atoms with van der Waals surface area (Å²) in [5.74, 6) is 1.64. The summed E-state index contributed by atoms with van der Waals surface area (Å²) in [6, 6.07) is 7.98. The molecule has 0 saturated carbocycles. The van der Waals surface area contributed by atoms with Gasteiger partial charge >= 0.3 is 0 Å². The summed E-state index contributed by atoms with van der Waals surface area (Å²) in [5, 5.41) is 0.612. The van der Waals surface area contributed by atoms with E-state index in [0.717, 1.165) is 11.6 Å². The van der Waals surface area contributed by atoms with Crippen LogP contribution in [0.1, 0.15) is 5.82 Å². The molecule has 0 N–H and O–H groups in total. The quantitative estimate of drug-likeness (QED) is 0.796. The van der Waals surface area contributed by atoms with Crippen LogP contribution >= 0.6 is 23.4 Å². The Bertz CT molecular complexity index is 496. The van der Waals surface area contributed by atoms with Crippen LogP contribution in [0.3, 0.4) is 0 Å². The highest BCUT2D eigenvalue weighted by molar-refractivity contribution is 7.98. The lowest BCUT2D eigenvalue weighted by Crippen LogP contribution is -2.03. The Morgan fingerprint density at radius 1 is 1.35 bits per heavy atom. The average molecular weight is 269 g/mol. The second kappa shape index (κ2) is 5.47. The maximum absolute atomic E-state index is 5.89. The molecule has 17 heavy (non-hydrogen) atoms. The molecule has 0 bridgehead atoms. The van der Waals surface area contributed by atoms with Crippen molar-refractivity contribution in [3.63, 3.8) is 0 Å². The van der Waals surface area contributed by atoms with Crippen molar-refractivity contribution in [2.24, 2.45) is 7.05 Å². The van der Waals surface area contributed by atoms with Crippen molar-refractivity contribution in [3.05, 3.63) is 41.4 Å². The van der Waals surface area contributed by atoms with Crippen molar-refractivity contribution in [3.8, 4) is 5.75 Å². The fraction of sp³-hybridized carbons (Fsp3) is 0.250. The van der Waals surface area contributed by atoms with E-state index in [1.54, 1.807) is 22.5 Å². The second-order valence-electron chi connectivity index (χ2n) is 3.52. The van der Waals surface area contributed by atoms with Crippen molar-refractivity contribution in [1.29, 1.82) is 0 Å². The minimum absolute atomic E-state index is 0.418. The van der Waals surface area contributed by atoms with Crippen molar-refractivity contribution in [2.45, 2.75) is 11.5 Å². The number of halogens is 1. The first kappa shape index (κ1) is 12.3. The van der Waals surface area contributed by atoms with E-state index >= 15 is 0 Å². The molecular weight excluding hydrogens is 256 g/mol. The lowest BCUT2D eigenvalue weighted by molar-refractivity contribution is 0.291. The monoisotopic (exact) mass is 268 g/mol. The number of thioether (sulfide) groups is 1. The van der Waals surface area contributed by atoms with E-state index in [1.807, 2.05) is 37.6 Å². The molecule has 0 aliphatic carbocycles. The van der Waals surface area contributed by atoms with Gasteiger partial charge in [0, 0.05) is 11.9 Å². The van der Waals surface area contributed by atoms with Crippen LogP contribution in [-0.4, -0.2) is 15.8 Å². The molecule has 90 valence electrons. The van der Waals surface area contributed by atoms with Gasteiger partial charge in [0.2, 0.25) is 0 Å². The molecule has 0 spiro atoms. The summed E-state index contributed by atoms with van der Waals surface area (Å²) >= 11 is 7.60. The van der Waals surface area contributed by atoms with Crippen LogP contribution < -0.4 is 4.74 Å². The summed E-state index contributed by atoms with van der Waals surface area (Å²) in [7, 11) is 1.87. The molecule has 1 heterocycles. The first-order valence-corrected chi connectivity index (χ1v) is 6.74. The maximum Gasteiger partial charge on any atom is 0.147 e. The van der Waals surface area contributed by atoms with Gasteiger partial charge in [0.05, 0.1) is 6.20 Å². The molecule has 0 radical (unpaired) electrons. The average Bonchev–Trinajstić information content (AvgIpc) is 2.68. The van der Waals surface area contributed by atoms with Gasteiger partial charge in [0.25, 0.3) is 0 Å². The Balaban J connectivity index is 2.00. The van der Waals surface area contributed by atoms with Crippen molar-refractivity contribution >= 4 is 23.4 Å². The van der Waals surface area contributed by atoms with Crippen LogP contribution in [0.5, 0.6) is 5.75 Å². The third-order valence-electron chi connectivity index (χ3n) is 2.46. The van der Waals surface area contributed by atoms with E-state index < -0.39 is 0 Å². The van der Waals surface area contributed by atoms with Crippen LogP contribution in [-0.2, 0) is 13.7 Å². The predicted octanol–water partition coefficient (Wildman–Crippen LogP) is 3.37. The summed E-state index contributed by atoms with van der Waals surface area (Å²) in [6.07, 6.45) is 3.67. The van der Waals surface area contributed by atoms with Gasteiger partial charge in [-0.05, 0) is 30.5 Å². The molecule has 0 fully saturated rings. The smallest absolute Gasteiger partial charge is 0.147 e. The number of nitrogens with zero attached hydrogens (tertiary/aromatic N) is 2. The first-order chi connectivity index (χ1) is 8.20. The Morgan fingerprint density at radius 3 is 2.59 bits per heavy atom. The second-order valence-corrected chi connectivity index (χ2v) is 4.79. The van der Waals surface area contributed by atoms with E-state index in [4.69, 9.17) is 16.3 Å². The zero-order valence-corrected chi connectivity index (χ0v) is 11.3. The highest BCUT2D eigenvalue weighted by Gasteiger charge is 2.04. The van der Waals surface area contributed by atoms with Crippen molar-refractivity contribution in [2.75, 3.05) is 6.26 Å². The van der Waals surface area contributed by atoms with Gasteiger partial charge in [-0.25, -0.2) is 4.98 Å². The molecule has 0 unspecified atom stereocenters. The minimum atomic E-state index is 0.418. The molecule has 1 aromatic carbocycles. The molecule has 0 aliphatic rings. The molecule has 0 atom stereocenters. The molecule has 1 aromatic heterocycles. The van der Waals surface area contributed by atoms with Crippen LogP contribution in [0.4, 0.5) is 0 Å². The lowest BCUT2D eigenvalue weighted by Gasteiger charge is -2.06. The van der Waals surface area contributed by atoms with E-state index in [-0.39, 0.29) is 0 Å².